The van der Waals surface area contributed by atoms with E-state index in [4.69, 9.17) is 4.74 Å². The van der Waals surface area contributed by atoms with E-state index in [9.17, 15) is 9.59 Å². The lowest BCUT2D eigenvalue weighted by atomic mass is 10.0. The SMILES string of the molecule is COc1ccc(NC(=O)C(c2ccccc2)N(C)C(=O)Cc2cccs2)cc1. The molecule has 0 aliphatic heterocycles. The number of anilines is 1. The van der Waals surface area contributed by atoms with Crippen LogP contribution in [0.5, 0.6) is 5.75 Å². The summed E-state index contributed by atoms with van der Waals surface area (Å²) in [5, 5.41) is 4.84. The third-order valence-corrected chi connectivity index (χ3v) is 5.28. The summed E-state index contributed by atoms with van der Waals surface area (Å²) in [4.78, 5) is 28.4. The Kier molecular flexibility index (Phi) is 6.45. The normalized spacial score (nSPS) is 11.5. The summed E-state index contributed by atoms with van der Waals surface area (Å²) < 4.78 is 5.15. The van der Waals surface area contributed by atoms with Gasteiger partial charge in [-0.3, -0.25) is 9.59 Å². The van der Waals surface area contributed by atoms with Crippen molar-refractivity contribution in [3.63, 3.8) is 0 Å². The van der Waals surface area contributed by atoms with Crippen LogP contribution in [0.25, 0.3) is 0 Å². The molecule has 1 heterocycles. The molecular formula is C22H22N2O3S. The summed E-state index contributed by atoms with van der Waals surface area (Å²) in [6.07, 6.45) is 0.271. The molecule has 1 N–H and O–H groups in total. The average molecular weight is 394 g/mol. The number of rotatable bonds is 7. The zero-order chi connectivity index (χ0) is 19.9. The molecule has 3 aromatic rings. The Hall–Kier alpha value is -3.12. The number of thiophene rings is 1. The molecule has 1 unspecified atom stereocenters. The van der Waals surface area contributed by atoms with Crippen molar-refractivity contribution in [3.8, 4) is 5.75 Å². The number of amides is 2. The average Bonchev–Trinajstić information content (AvgIpc) is 3.22. The summed E-state index contributed by atoms with van der Waals surface area (Å²) >= 11 is 1.53. The Morgan fingerprint density at radius 2 is 1.75 bits per heavy atom. The van der Waals surface area contributed by atoms with Gasteiger partial charge in [-0.25, -0.2) is 0 Å². The number of nitrogens with zero attached hydrogens (tertiary/aromatic N) is 1. The maximum Gasteiger partial charge on any atom is 0.251 e. The van der Waals surface area contributed by atoms with Gasteiger partial charge in [0.2, 0.25) is 5.91 Å². The first kappa shape index (κ1) is 19.6. The Morgan fingerprint density at radius 1 is 1.04 bits per heavy atom. The second-order valence-electron chi connectivity index (χ2n) is 6.29. The fraction of sp³-hybridized carbons (Fsp3) is 0.182. The van der Waals surface area contributed by atoms with Crippen molar-refractivity contribution in [2.24, 2.45) is 0 Å². The largest absolute Gasteiger partial charge is 0.497 e. The van der Waals surface area contributed by atoms with E-state index in [0.717, 1.165) is 10.4 Å². The summed E-state index contributed by atoms with van der Waals surface area (Å²) in [5.74, 6) is 0.334. The second-order valence-corrected chi connectivity index (χ2v) is 7.32. The molecule has 1 atom stereocenters. The van der Waals surface area contributed by atoms with Gasteiger partial charge in [-0.1, -0.05) is 36.4 Å². The molecular weight excluding hydrogens is 372 g/mol. The van der Waals surface area contributed by atoms with Crippen LogP contribution in [0.3, 0.4) is 0 Å². The van der Waals surface area contributed by atoms with Crippen LogP contribution in [0.15, 0.2) is 72.1 Å². The number of benzene rings is 2. The topological polar surface area (TPSA) is 58.6 Å². The lowest BCUT2D eigenvalue weighted by Crippen LogP contribution is -2.39. The first-order valence-corrected chi connectivity index (χ1v) is 9.74. The molecule has 6 heteroatoms. The quantitative estimate of drug-likeness (QED) is 0.655. The highest BCUT2D eigenvalue weighted by Crippen LogP contribution is 2.24. The van der Waals surface area contributed by atoms with Crippen molar-refractivity contribution in [3.05, 3.63) is 82.6 Å². The van der Waals surface area contributed by atoms with Crippen molar-refractivity contribution >= 4 is 28.8 Å². The zero-order valence-corrected chi connectivity index (χ0v) is 16.6. The molecule has 3 rings (SSSR count). The Bertz CT molecular complexity index is 909. The number of hydrogen-bond acceptors (Lipinski definition) is 4. The Balaban J connectivity index is 1.81. The molecule has 0 saturated carbocycles. The summed E-state index contributed by atoms with van der Waals surface area (Å²) in [5.41, 5.74) is 1.40. The van der Waals surface area contributed by atoms with Gasteiger partial charge in [0.25, 0.3) is 5.91 Å². The minimum Gasteiger partial charge on any atom is -0.497 e. The minimum atomic E-state index is -0.726. The van der Waals surface area contributed by atoms with Gasteiger partial charge in [0.05, 0.1) is 13.5 Å². The van der Waals surface area contributed by atoms with Crippen molar-refractivity contribution < 1.29 is 14.3 Å². The molecule has 0 aliphatic carbocycles. The molecule has 0 radical (unpaired) electrons. The molecule has 144 valence electrons. The molecule has 0 fully saturated rings. The highest BCUT2D eigenvalue weighted by atomic mass is 32.1. The lowest BCUT2D eigenvalue weighted by Gasteiger charge is -2.28. The predicted octanol–water partition coefficient (Wildman–Crippen LogP) is 4.14. The van der Waals surface area contributed by atoms with Gasteiger partial charge in [0.1, 0.15) is 11.8 Å². The summed E-state index contributed by atoms with van der Waals surface area (Å²) in [6, 6.07) is 19.5. The third-order valence-electron chi connectivity index (χ3n) is 4.41. The van der Waals surface area contributed by atoms with E-state index in [1.807, 2.05) is 47.8 Å². The summed E-state index contributed by atoms with van der Waals surface area (Å²) in [6.45, 7) is 0. The molecule has 1 aromatic heterocycles. The van der Waals surface area contributed by atoms with Crippen molar-refractivity contribution in [1.82, 2.24) is 4.90 Å². The number of ether oxygens (including phenoxy) is 1. The van der Waals surface area contributed by atoms with Crippen LogP contribution in [0.4, 0.5) is 5.69 Å². The molecule has 2 aromatic carbocycles. The molecule has 5 nitrogen and oxygen atoms in total. The van der Waals surface area contributed by atoms with Crippen molar-refractivity contribution in [2.75, 3.05) is 19.5 Å². The zero-order valence-electron chi connectivity index (χ0n) is 15.8. The first-order valence-electron chi connectivity index (χ1n) is 8.86. The van der Waals surface area contributed by atoms with Gasteiger partial charge in [-0.15, -0.1) is 11.3 Å². The fourth-order valence-electron chi connectivity index (χ4n) is 2.90. The second kappa shape index (κ2) is 9.19. The van der Waals surface area contributed by atoms with Crippen molar-refractivity contribution in [1.29, 1.82) is 0 Å². The first-order chi connectivity index (χ1) is 13.6. The number of hydrogen-bond donors (Lipinski definition) is 1. The number of methoxy groups -OCH3 is 1. The Morgan fingerprint density at radius 3 is 2.36 bits per heavy atom. The van der Waals surface area contributed by atoms with E-state index in [2.05, 4.69) is 5.32 Å². The van der Waals surface area contributed by atoms with Gasteiger partial charge in [-0.2, -0.15) is 0 Å². The van der Waals surface area contributed by atoms with Gasteiger partial charge in [0.15, 0.2) is 0 Å². The molecule has 2 amide bonds. The van der Waals surface area contributed by atoms with Crippen LogP contribution < -0.4 is 10.1 Å². The lowest BCUT2D eigenvalue weighted by molar-refractivity contribution is -0.136. The van der Waals surface area contributed by atoms with E-state index in [1.54, 1.807) is 38.4 Å². The van der Waals surface area contributed by atoms with Crippen LogP contribution in [0.2, 0.25) is 0 Å². The van der Waals surface area contributed by atoms with E-state index in [0.29, 0.717) is 11.4 Å². The molecule has 0 saturated heterocycles. The Labute approximate surface area is 168 Å². The molecule has 28 heavy (non-hydrogen) atoms. The van der Waals surface area contributed by atoms with E-state index in [1.165, 1.54) is 16.2 Å². The number of carbonyl (C=O) groups is 2. The minimum absolute atomic E-state index is 0.110. The highest BCUT2D eigenvalue weighted by molar-refractivity contribution is 7.10. The standard InChI is InChI=1S/C22H22N2O3S/c1-24(20(25)15-19-9-6-14-28-19)21(16-7-4-3-5-8-16)22(26)23-17-10-12-18(27-2)13-11-17/h3-14,21H,15H2,1-2H3,(H,23,26). The predicted molar refractivity (Wildman–Crippen MR) is 112 cm³/mol. The van der Waals surface area contributed by atoms with Crippen LogP contribution >= 0.6 is 11.3 Å². The third kappa shape index (κ3) is 4.78. The van der Waals surface area contributed by atoms with Crippen LogP contribution in [-0.2, 0) is 16.0 Å². The molecule has 0 bridgehead atoms. The maximum atomic E-state index is 13.1. The van der Waals surface area contributed by atoms with Gasteiger partial charge >= 0.3 is 0 Å². The highest BCUT2D eigenvalue weighted by Gasteiger charge is 2.28. The monoisotopic (exact) mass is 394 g/mol. The van der Waals surface area contributed by atoms with Crippen molar-refractivity contribution in [2.45, 2.75) is 12.5 Å². The number of likely N-dealkylation sites (N-methyl/N-ethyl adjacent to an activating group) is 1. The number of nitrogens with one attached hydrogen (secondary N) is 1. The van der Waals surface area contributed by atoms with Gasteiger partial charge < -0.3 is 15.0 Å². The van der Waals surface area contributed by atoms with Gasteiger partial charge in [0, 0.05) is 17.6 Å². The van der Waals surface area contributed by atoms with E-state index in [-0.39, 0.29) is 18.2 Å². The van der Waals surface area contributed by atoms with Crippen LogP contribution in [0.1, 0.15) is 16.5 Å². The van der Waals surface area contributed by atoms with E-state index >= 15 is 0 Å². The fourth-order valence-corrected chi connectivity index (χ4v) is 3.60. The molecule has 0 spiro atoms. The van der Waals surface area contributed by atoms with Crippen LogP contribution in [0, 0.1) is 0 Å². The number of carbonyl (C=O) groups excluding carboxylic acids is 2. The maximum absolute atomic E-state index is 13.1. The molecule has 0 aliphatic rings. The van der Waals surface area contributed by atoms with Gasteiger partial charge in [-0.05, 0) is 41.3 Å². The smallest absolute Gasteiger partial charge is 0.251 e. The van der Waals surface area contributed by atoms with Crippen LogP contribution in [-0.4, -0.2) is 30.9 Å². The summed E-state index contributed by atoms with van der Waals surface area (Å²) in [7, 11) is 3.26. The van der Waals surface area contributed by atoms with E-state index < -0.39 is 6.04 Å².